The van der Waals surface area contributed by atoms with Crippen molar-refractivity contribution in [3.63, 3.8) is 0 Å². The van der Waals surface area contributed by atoms with E-state index in [1.165, 1.54) is 4.46 Å². The molecule has 1 aromatic rings. The second kappa shape index (κ2) is 5.34. The number of hydrogen-bond donors (Lipinski definition) is 1. The summed E-state index contributed by atoms with van der Waals surface area (Å²) in [6.45, 7) is 6.75. The zero-order valence-electron chi connectivity index (χ0n) is 11.3. The molecular formula is C15H22O2Se. The van der Waals surface area contributed by atoms with Crippen LogP contribution in [-0.4, -0.2) is 37.9 Å². The quantitative estimate of drug-likeness (QED) is 0.865. The molecule has 0 spiro atoms. The van der Waals surface area contributed by atoms with E-state index in [0.29, 0.717) is 21.6 Å². The first kappa shape index (κ1) is 14.1. The van der Waals surface area contributed by atoms with E-state index in [4.69, 9.17) is 4.74 Å². The topological polar surface area (TPSA) is 29.5 Å². The van der Waals surface area contributed by atoms with E-state index in [1.807, 2.05) is 13.0 Å². The normalized spacial score (nSPS) is 31.2. The Hall–Kier alpha value is -0.341. The summed E-state index contributed by atoms with van der Waals surface area (Å²) in [7, 11) is 0. The minimum atomic E-state index is -0.599. The molecule has 1 saturated heterocycles. The molecule has 1 aromatic carbocycles. The molecule has 18 heavy (non-hydrogen) atoms. The molecule has 1 heterocycles. The van der Waals surface area contributed by atoms with Crippen molar-refractivity contribution in [3.8, 4) is 0 Å². The van der Waals surface area contributed by atoms with Crippen molar-refractivity contribution in [2.45, 2.75) is 43.7 Å². The van der Waals surface area contributed by atoms with E-state index in [-0.39, 0.29) is 11.5 Å². The van der Waals surface area contributed by atoms with Gasteiger partial charge in [0.25, 0.3) is 0 Å². The first-order chi connectivity index (χ1) is 8.39. The molecule has 0 aliphatic carbocycles. The van der Waals surface area contributed by atoms with Gasteiger partial charge >= 0.3 is 116 Å². The molecule has 0 amide bonds. The Balaban J connectivity index is 1.94. The summed E-state index contributed by atoms with van der Waals surface area (Å²) in [5.41, 5.74) is -0.794. The molecule has 100 valence electrons. The van der Waals surface area contributed by atoms with Gasteiger partial charge in [-0.3, -0.25) is 0 Å². The number of aliphatic hydroxyl groups is 1. The molecule has 0 bridgehead atoms. The maximum atomic E-state index is 10.6. The Morgan fingerprint density at radius 2 is 1.94 bits per heavy atom. The average molecular weight is 313 g/mol. The number of ether oxygens (including phenoxy) is 1. The predicted molar refractivity (Wildman–Crippen MR) is 75.4 cm³/mol. The van der Waals surface area contributed by atoms with E-state index in [0.717, 1.165) is 11.7 Å². The van der Waals surface area contributed by atoms with E-state index < -0.39 is 5.60 Å². The van der Waals surface area contributed by atoms with Crippen molar-refractivity contribution in [3.05, 3.63) is 30.3 Å². The van der Waals surface area contributed by atoms with Crippen molar-refractivity contribution in [1.29, 1.82) is 0 Å². The second-order valence-corrected chi connectivity index (χ2v) is 8.22. The Labute approximate surface area is 116 Å². The minimum absolute atomic E-state index is 0.195. The van der Waals surface area contributed by atoms with Crippen LogP contribution in [0.1, 0.15) is 27.2 Å². The standard InChI is InChI=1S/C15H22O2Se/c1-14(2)11-15(3,16)12(9-17-14)10-18-13-7-5-4-6-8-13/h4-8,12,16H,9-11H2,1-3H3/t12-,15+/m0/s1. The molecule has 0 unspecified atom stereocenters. The fraction of sp³-hybridized carbons (Fsp3) is 0.600. The van der Waals surface area contributed by atoms with Crippen LogP contribution < -0.4 is 4.46 Å². The van der Waals surface area contributed by atoms with Gasteiger partial charge in [0.1, 0.15) is 0 Å². The van der Waals surface area contributed by atoms with E-state index in [1.54, 1.807) is 0 Å². The van der Waals surface area contributed by atoms with Crippen LogP contribution >= 0.6 is 0 Å². The number of rotatable bonds is 3. The molecule has 3 heteroatoms. The number of hydrogen-bond acceptors (Lipinski definition) is 2. The summed E-state index contributed by atoms with van der Waals surface area (Å²) in [5, 5.41) is 11.6. The van der Waals surface area contributed by atoms with Gasteiger partial charge in [-0.2, -0.15) is 0 Å². The van der Waals surface area contributed by atoms with Crippen molar-refractivity contribution in [2.24, 2.45) is 5.92 Å². The van der Waals surface area contributed by atoms with Crippen molar-refractivity contribution < 1.29 is 9.84 Å². The summed E-state index contributed by atoms with van der Waals surface area (Å²) >= 11 is 0.417. The summed E-state index contributed by atoms with van der Waals surface area (Å²) in [5.74, 6) is 0.255. The molecule has 1 aliphatic heterocycles. The number of benzene rings is 1. The Morgan fingerprint density at radius 1 is 1.28 bits per heavy atom. The van der Waals surface area contributed by atoms with Gasteiger partial charge in [-0.25, -0.2) is 0 Å². The van der Waals surface area contributed by atoms with Gasteiger partial charge in [0.2, 0.25) is 0 Å². The maximum absolute atomic E-state index is 10.6. The van der Waals surface area contributed by atoms with Crippen LogP contribution in [0.15, 0.2) is 30.3 Å². The van der Waals surface area contributed by atoms with Crippen molar-refractivity contribution >= 4 is 19.4 Å². The Bertz CT molecular complexity index is 387. The summed E-state index contributed by atoms with van der Waals surface area (Å²) in [6.07, 6.45) is 0.718. The predicted octanol–water partition coefficient (Wildman–Crippen LogP) is 2.00. The van der Waals surface area contributed by atoms with Gasteiger partial charge in [-0.1, -0.05) is 0 Å². The van der Waals surface area contributed by atoms with Crippen LogP contribution in [0.3, 0.4) is 0 Å². The van der Waals surface area contributed by atoms with Crippen LogP contribution in [-0.2, 0) is 4.74 Å². The average Bonchev–Trinajstić information content (AvgIpc) is 2.27. The third-order valence-corrected chi connectivity index (χ3v) is 6.00. The molecule has 2 rings (SSSR count). The van der Waals surface area contributed by atoms with Gasteiger partial charge in [-0.05, 0) is 0 Å². The molecule has 1 aliphatic rings. The SMILES string of the molecule is CC1(C)C[C@@](C)(O)[C@H](C[Se]c2ccccc2)CO1. The van der Waals surface area contributed by atoms with Gasteiger partial charge in [0.05, 0.1) is 0 Å². The van der Waals surface area contributed by atoms with Gasteiger partial charge in [0.15, 0.2) is 0 Å². The third-order valence-electron chi connectivity index (χ3n) is 3.53. The third kappa shape index (κ3) is 3.58. The summed E-state index contributed by atoms with van der Waals surface area (Å²) in [4.78, 5) is 0. The van der Waals surface area contributed by atoms with Crippen LogP contribution in [0.2, 0.25) is 5.32 Å². The molecule has 2 atom stereocenters. The van der Waals surface area contributed by atoms with E-state index in [9.17, 15) is 5.11 Å². The van der Waals surface area contributed by atoms with Crippen molar-refractivity contribution in [2.75, 3.05) is 6.61 Å². The molecular weight excluding hydrogens is 291 g/mol. The van der Waals surface area contributed by atoms with E-state index >= 15 is 0 Å². The zero-order valence-corrected chi connectivity index (χ0v) is 13.1. The van der Waals surface area contributed by atoms with Crippen LogP contribution in [0, 0.1) is 5.92 Å². The molecule has 0 aromatic heterocycles. The zero-order chi connectivity index (χ0) is 13.2. The van der Waals surface area contributed by atoms with Crippen LogP contribution in [0.5, 0.6) is 0 Å². The van der Waals surface area contributed by atoms with Gasteiger partial charge < -0.3 is 0 Å². The fourth-order valence-electron chi connectivity index (χ4n) is 2.50. The fourth-order valence-corrected chi connectivity index (χ4v) is 5.02. The molecule has 2 nitrogen and oxygen atoms in total. The monoisotopic (exact) mass is 314 g/mol. The van der Waals surface area contributed by atoms with Crippen LogP contribution in [0.4, 0.5) is 0 Å². The van der Waals surface area contributed by atoms with Crippen LogP contribution in [0.25, 0.3) is 0 Å². The Morgan fingerprint density at radius 3 is 2.56 bits per heavy atom. The first-order valence-electron chi connectivity index (χ1n) is 6.43. The molecule has 0 saturated carbocycles. The second-order valence-electron chi connectivity index (χ2n) is 5.93. The van der Waals surface area contributed by atoms with Crippen molar-refractivity contribution in [1.82, 2.24) is 0 Å². The Kier molecular flexibility index (Phi) is 4.18. The van der Waals surface area contributed by atoms with E-state index in [2.05, 4.69) is 38.1 Å². The molecule has 0 radical (unpaired) electrons. The molecule has 1 fully saturated rings. The van der Waals surface area contributed by atoms with Gasteiger partial charge in [0, 0.05) is 0 Å². The first-order valence-corrected chi connectivity index (χ1v) is 8.50. The molecule has 1 N–H and O–H groups in total. The summed E-state index contributed by atoms with van der Waals surface area (Å²) < 4.78 is 7.25. The van der Waals surface area contributed by atoms with Gasteiger partial charge in [-0.15, -0.1) is 0 Å². The summed E-state index contributed by atoms with van der Waals surface area (Å²) in [6, 6.07) is 10.5.